The van der Waals surface area contributed by atoms with Crippen molar-refractivity contribution in [1.29, 1.82) is 0 Å². The van der Waals surface area contributed by atoms with Gasteiger partial charge in [-0.25, -0.2) is 4.79 Å². The molecule has 36 heavy (non-hydrogen) atoms. The average Bonchev–Trinajstić information content (AvgIpc) is 2.75. The zero-order valence-electron chi connectivity index (χ0n) is 22.2. The lowest BCUT2D eigenvalue weighted by atomic mass is 10.00. The first kappa shape index (κ1) is 30.5. The maximum Gasteiger partial charge on any atom is 0.408 e. The number of benzene rings is 1. The summed E-state index contributed by atoms with van der Waals surface area (Å²) in [6.07, 6.45) is 6.49. The smallest absolute Gasteiger partial charge is 0.408 e. The van der Waals surface area contributed by atoms with E-state index in [4.69, 9.17) is 16.9 Å². The maximum absolute atomic E-state index is 13.8. The third kappa shape index (κ3) is 10.4. The van der Waals surface area contributed by atoms with Gasteiger partial charge < -0.3 is 26.0 Å². The average molecular weight is 501 g/mol. The number of unbranched alkanes of at least 4 members (excludes halogenated alkanes) is 2. The van der Waals surface area contributed by atoms with Crippen molar-refractivity contribution < 1.29 is 23.9 Å². The number of carbonyl (C=O) groups is 4. The summed E-state index contributed by atoms with van der Waals surface area (Å²) < 4.78 is 5.28. The van der Waals surface area contributed by atoms with Crippen molar-refractivity contribution in [1.82, 2.24) is 15.5 Å². The summed E-state index contributed by atoms with van der Waals surface area (Å²) in [6.45, 7) is 10.9. The van der Waals surface area contributed by atoms with Gasteiger partial charge in [-0.3, -0.25) is 14.4 Å². The molecule has 0 aliphatic rings. The van der Waals surface area contributed by atoms with E-state index in [1.54, 1.807) is 45.0 Å². The molecule has 1 aromatic carbocycles. The van der Waals surface area contributed by atoms with Gasteiger partial charge in [0.1, 0.15) is 17.7 Å². The first-order valence-electron chi connectivity index (χ1n) is 12.2. The van der Waals surface area contributed by atoms with E-state index >= 15 is 0 Å². The van der Waals surface area contributed by atoms with Gasteiger partial charge in [0.25, 0.3) is 0 Å². The summed E-state index contributed by atoms with van der Waals surface area (Å²) in [6, 6.07) is 4.28. The SMILES string of the molecule is C#Cc1ccc(C(C(=O)NC(C)C)N(CCCCC)C(=O)C(CC(N)=O)NC(=O)OC(C)(C)C)cc1. The van der Waals surface area contributed by atoms with Crippen molar-refractivity contribution in [3.8, 4) is 12.3 Å². The predicted octanol–water partition coefficient (Wildman–Crippen LogP) is 3.02. The highest BCUT2D eigenvalue weighted by atomic mass is 16.6. The lowest BCUT2D eigenvalue weighted by molar-refractivity contribution is -0.143. The first-order valence-corrected chi connectivity index (χ1v) is 12.2. The van der Waals surface area contributed by atoms with Gasteiger partial charge in [0.15, 0.2) is 0 Å². The van der Waals surface area contributed by atoms with E-state index in [1.165, 1.54) is 4.90 Å². The maximum atomic E-state index is 13.8. The third-order valence-electron chi connectivity index (χ3n) is 5.06. The van der Waals surface area contributed by atoms with E-state index in [1.807, 2.05) is 20.8 Å². The monoisotopic (exact) mass is 500 g/mol. The number of rotatable bonds is 12. The fourth-order valence-corrected chi connectivity index (χ4v) is 3.55. The van der Waals surface area contributed by atoms with Crippen molar-refractivity contribution in [2.75, 3.05) is 6.54 Å². The predicted molar refractivity (Wildman–Crippen MR) is 139 cm³/mol. The minimum absolute atomic E-state index is 0.182. The van der Waals surface area contributed by atoms with E-state index in [0.29, 0.717) is 17.5 Å². The second-order valence-electron chi connectivity index (χ2n) is 9.94. The molecule has 0 aliphatic carbocycles. The Labute approximate surface area is 214 Å². The third-order valence-corrected chi connectivity index (χ3v) is 5.06. The molecule has 9 nitrogen and oxygen atoms in total. The summed E-state index contributed by atoms with van der Waals surface area (Å²) in [7, 11) is 0. The van der Waals surface area contributed by atoms with Crippen LogP contribution in [-0.4, -0.2) is 52.9 Å². The molecule has 0 fully saturated rings. The zero-order valence-corrected chi connectivity index (χ0v) is 22.2. The number of nitrogens with zero attached hydrogens (tertiary/aromatic N) is 1. The van der Waals surface area contributed by atoms with E-state index in [9.17, 15) is 19.2 Å². The molecule has 2 atom stereocenters. The zero-order chi connectivity index (χ0) is 27.5. The molecule has 0 saturated carbocycles. The van der Waals surface area contributed by atoms with E-state index in [0.717, 1.165) is 12.8 Å². The molecule has 1 rings (SSSR count). The number of primary amides is 1. The van der Waals surface area contributed by atoms with Gasteiger partial charge in [0.2, 0.25) is 17.7 Å². The standard InChI is InChI=1S/C27H40N4O5/c1-8-10-11-16-31(25(34)21(17-22(28)32)30-26(35)36-27(5,6)7)23(24(33)29-18(3)4)20-14-12-19(9-2)13-15-20/h2,12-15,18,21,23H,8,10-11,16-17H2,1,3-7H3,(H2,28,32)(H,29,33)(H,30,35). The number of nitrogens with one attached hydrogen (secondary N) is 2. The molecule has 0 bridgehead atoms. The number of nitrogens with two attached hydrogens (primary N) is 1. The van der Waals surface area contributed by atoms with Crippen LogP contribution in [0, 0.1) is 12.3 Å². The van der Waals surface area contributed by atoms with Crippen molar-refractivity contribution in [2.24, 2.45) is 5.73 Å². The lowest BCUT2D eigenvalue weighted by Gasteiger charge is -2.34. The second kappa shape index (κ2) is 14.1. The van der Waals surface area contributed by atoms with Crippen LogP contribution >= 0.6 is 0 Å². The molecule has 1 aromatic rings. The van der Waals surface area contributed by atoms with Crippen molar-refractivity contribution in [2.45, 2.75) is 91.0 Å². The molecular weight excluding hydrogens is 460 g/mol. The molecule has 0 aliphatic heterocycles. The summed E-state index contributed by atoms with van der Waals surface area (Å²) in [4.78, 5) is 52.9. The van der Waals surface area contributed by atoms with Gasteiger partial charge in [0.05, 0.1) is 6.42 Å². The summed E-state index contributed by atoms with van der Waals surface area (Å²) >= 11 is 0. The molecule has 198 valence electrons. The number of carbonyl (C=O) groups excluding carboxylic acids is 4. The lowest BCUT2D eigenvalue weighted by Crippen LogP contribution is -2.54. The molecular formula is C27H40N4O5. The Morgan fingerprint density at radius 1 is 1.08 bits per heavy atom. The highest BCUT2D eigenvalue weighted by Crippen LogP contribution is 2.25. The summed E-state index contributed by atoms with van der Waals surface area (Å²) in [5.74, 6) is 0.755. The summed E-state index contributed by atoms with van der Waals surface area (Å²) in [5.41, 5.74) is 5.76. The molecule has 0 saturated heterocycles. The Hall–Kier alpha value is -3.54. The molecule has 2 unspecified atom stereocenters. The number of hydrogen-bond donors (Lipinski definition) is 3. The van der Waals surface area contributed by atoms with Gasteiger partial charge in [-0.1, -0.05) is 37.8 Å². The van der Waals surface area contributed by atoms with Crippen LogP contribution in [0.5, 0.6) is 0 Å². The molecule has 9 heteroatoms. The largest absolute Gasteiger partial charge is 0.444 e. The normalized spacial score (nSPS) is 12.7. The topological polar surface area (TPSA) is 131 Å². The van der Waals surface area contributed by atoms with Crippen LogP contribution in [0.3, 0.4) is 0 Å². The van der Waals surface area contributed by atoms with E-state index in [2.05, 4.69) is 16.6 Å². The Morgan fingerprint density at radius 3 is 2.17 bits per heavy atom. The first-order chi connectivity index (χ1) is 16.8. The van der Waals surface area contributed by atoms with Gasteiger partial charge in [-0.15, -0.1) is 6.42 Å². The molecule has 0 radical (unpaired) electrons. The second-order valence-corrected chi connectivity index (χ2v) is 9.94. The Kier molecular flexibility index (Phi) is 12.0. The number of amides is 4. The highest BCUT2D eigenvalue weighted by molar-refractivity contribution is 5.94. The fraction of sp³-hybridized carbons (Fsp3) is 0.556. The number of hydrogen-bond acceptors (Lipinski definition) is 5. The quantitative estimate of drug-likeness (QED) is 0.300. The van der Waals surface area contributed by atoms with E-state index in [-0.39, 0.29) is 12.6 Å². The van der Waals surface area contributed by atoms with Crippen LogP contribution in [0.2, 0.25) is 0 Å². The summed E-state index contributed by atoms with van der Waals surface area (Å²) in [5, 5.41) is 5.34. The Morgan fingerprint density at radius 2 is 1.69 bits per heavy atom. The number of ether oxygens (including phenoxy) is 1. The minimum atomic E-state index is -1.31. The highest BCUT2D eigenvalue weighted by Gasteiger charge is 2.36. The van der Waals surface area contributed by atoms with Gasteiger partial charge in [-0.05, 0) is 58.7 Å². The van der Waals surface area contributed by atoms with Crippen LogP contribution in [0.15, 0.2) is 24.3 Å². The number of alkyl carbamates (subject to hydrolysis) is 1. The van der Waals surface area contributed by atoms with E-state index < -0.39 is 47.9 Å². The van der Waals surface area contributed by atoms with Crippen molar-refractivity contribution in [3.63, 3.8) is 0 Å². The molecule has 4 N–H and O–H groups in total. The minimum Gasteiger partial charge on any atom is -0.444 e. The van der Waals surface area contributed by atoms with Crippen LogP contribution in [0.25, 0.3) is 0 Å². The van der Waals surface area contributed by atoms with Crippen LogP contribution in [-0.2, 0) is 19.1 Å². The fourth-order valence-electron chi connectivity index (χ4n) is 3.55. The van der Waals surface area contributed by atoms with Crippen LogP contribution < -0.4 is 16.4 Å². The van der Waals surface area contributed by atoms with Crippen LogP contribution in [0.1, 0.15) is 84.4 Å². The van der Waals surface area contributed by atoms with Crippen molar-refractivity contribution >= 4 is 23.8 Å². The van der Waals surface area contributed by atoms with Crippen molar-refractivity contribution in [3.05, 3.63) is 35.4 Å². The van der Waals surface area contributed by atoms with Gasteiger partial charge in [0, 0.05) is 18.2 Å². The molecule has 0 heterocycles. The van der Waals surface area contributed by atoms with Crippen LogP contribution in [0.4, 0.5) is 4.79 Å². The molecule has 0 aromatic heterocycles. The number of terminal acetylenes is 1. The Bertz CT molecular complexity index is 944. The molecule has 4 amide bonds. The Balaban J connectivity index is 3.50. The van der Waals surface area contributed by atoms with Gasteiger partial charge >= 0.3 is 6.09 Å². The van der Waals surface area contributed by atoms with Gasteiger partial charge in [-0.2, -0.15) is 0 Å². The molecule has 0 spiro atoms.